The van der Waals surface area contributed by atoms with Gasteiger partial charge in [-0.15, -0.1) is 0 Å². The van der Waals surface area contributed by atoms with Crippen molar-refractivity contribution in [2.75, 3.05) is 36.0 Å². The maximum Gasteiger partial charge on any atom is 0.332 e. The predicted octanol–water partition coefficient (Wildman–Crippen LogP) is 4.55. The van der Waals surface area contributed by atoms with Crippen molar-refractivity contribution in [3.63, 3.8) is 0 Å². The Labute approximate surface area is 194 Å². The fourth-order valence-corrected chi connectivity index (χ4v) is 7.40. The molecular weight excluding hydrogens is 412 g/mol. The highest BCUT2D eigenvalue weighted by Gasteiger charge is 2.50. The van der Waals surface area contributed by atoms with E-state index < -0.39 is 5.60 Å². The van der Waals surface area contributed by atoms with Gasteiger partial charge in [0.1, 0.15) is 11.5 Å². The Morgan fingerprint density at radius 1 is 0.727 bits per heavy atom. The number of carbonyl (C=O) groups excluding carboxylic acids is 1. The molecule has 0 atom stereocenters. The van der Waals surface area contributed by atoms with Crippen molar-refractivity contribution >= 4 is 17.3 Å². The molecule has 0 saturated heterocycles. The van der Waals surface area contributed by atoms with Crippen LogP contribution in [0.4, 0.5) is 11.4 Å². The van der Waals surface area contributed by atoms with Crippen molar-refractivity contribution in [1.82, 2.24) is 0 Å². The third-order valence-electron chi connectivity index (χ3n) is 8.67. The van der Waals surface area contributed by atoms with Crippen LogP contribution in [-0.4, -0.2) is 32.1 Å². The van der Waals surface area contributed by atoms with Crippen molar-refractivity contribution in [2.24, 2.45) is 0 Å². The average molecular weight is 441 g/mol. The number of benzene rings is 2. The van der Waals surface area contributed by atoms with Gasteiger partial charge in [0.05, 0.1) is 0 Å². The number of hydrogen-bond donors (Lipinski definition) is 0. The van der Waals surface area contributed by atoms with E-state index in [-0.39, 0.29) is 5.97 Å². The zero-order valence-electron chi connectivity index (χ0n) is 18.9. The van der Waals surface area contributed by atoms with E-state index in [0.29, 0.717) is 0 Å². The lowest BCUT2D eigenvalue weighted by atomic mass is 9.76. The van der Waals surface area contributed by atoms with Gasteiger partial charge in [-0.05, 0) is 80.7 Å². The van der Waals surface area contributed by atoms with Gasteiger partial charge >= 0.3 is 5.97 Å². The Balaban J connectivity index is 1.44. The van der Waals surface area contributed by atoms with Gasteiger partial charge in [-0.2, -0.15) is 0 Å². The lowest BCUT2D eigenvalue weighted by molar-refractivity contribution is -0.143. The summed E-state index contributed by atoms with van der Waals surface area (Å²) in [5, 5.41) is 0. The Morgan fingerprint density at radius 3 is 1.73 bits per heavy atom. The Morgan fingerprint density at radius 2 is 1.24 bits per heavy atom. The number of nitrogens with zero attached hydrogens (tertiary/aromatic N) is 2. The average Bonchev–Trinajstić information content (AvgIpc) is 3.23. The Bertz CT molecular complexity index is 1190. The summed E-state index contributed by atoms with van der Waals surface area (Å²) in [6, 6.07) is 4.60. The zero-order valence-corrected chi connectivity index (χ0v) is 18.9. The van der Waals surface area contributed by atoms with Crippen molar-refractivity contribution < 1.29 is 14.3 Å². The minimum Gasteiger partial charge on any atom is -0.456 e. The highest BCUT2D eigenvalue weighted by molar-refractivity contribution is 5.88. The van der Waals surface area contributed by atoms with Crippen molar-refractivity contribution in [2.45, 2.75) is 57.0 Å². The largest absolute Gasteiger partial charge is 0.456 e. The summed E-state index contributed by atoms with van der Waals surface area (Å²) in [6.07, 6.45) is 12.5. The molecule has 0 amide bonds. The first kappa shape index (κ1) is 18.5. The fourth-order valence-electron chi connectivity index (χ4n) is 7.40. The summed E-state index contributed by atoms with van der Waals surface area (Å²) >= 11 is 0. The van der Waals surface area contributed by atoms with Crippen LogP contribution in [-0.2, 0) is 40.8 Å². The summed E-state index contributed by atoms with van der Waals surface area (Å²) < 4.78 is 13.2. The van der Waals surface area contributed by atoms with E-state index in [0.717, 1.165) is 87.3 Å². The van der Waals surface area contributed by atoms with Gasteiger partial charge in [0.25, 0.3) is 0 Å². The molecule has 6 aliphatic heterocycles. The first-order valence-corrected chi connectivity index (χ1v) is 12.7. The van der Waals surface area contributed by atoms with Crippen LogP contribution in [0.15, 0.2) is 24.3 Å². The maximum atomic E-state index is 12.6. The zero-order chi connectivity index (χ0) is 21.7. The van der Waals surface area contributed by atoms with Gasteiger partial charge in [-0.3, -0.25) is 0 Å². The fraction of sp³-hybridized carbons (Fsp3) is 0.464. The van der Waals surface area contributed by atoms with Crippen LogP contribution >= 0.6 is 0 Å². The molecule has 1 spiro atoms. The smallest absolute Gasteiger partial charge is 0.332 e. The van der Waals surface area contributed by atoms with E-state index in [1.54, 1.807) is 6.08 Å². The summed E-state index contributed by atoms with van der Waals surface area (Å²) in [7, 11) is 0. The Kier molecular flexibility index (Phi) is 3.55. The number of ether oxygens (including phenoxy) is 2. The summed E-state index contributed by atoms with van der Waals surface area (Å²) in [5.74, 6) is 1.66. The number of esters is 1. The van der Waals surface area contributed by atoms with Crippen LogP contribution in [0.1, 0.15) is 59.1 Å². The first-order valence-electron chi connectivity index (χ1n) is 12.7. The SMILES string of the molecule is O=C1C=CC2(O1)c1cc3c4c(c1Oc1c2cc2c5c1CCCN5CCC2)CCCN4CCC3. The van der Waals surface area contributed by atoms with Crippen LogP contribution in [0, 0.1) is 0 Å². The van der Waals surface area contributed by atoms with Gasteiger partial charge in [0.15, 0.2) is 5.60 Å². The number of rotatable bonds is 0. The molecule has 8 rings (SSSR count). The molecule has 5 nitrogen and oxygen atoms in total. The number of hydrogen-bond acceptors (Lipinski definition) is 5. The van der Waals surface area contributed by atoms with E-state index in [2.05, 4.69) is 21.9 Å². The van der Waals surface area contributed by atoms with Crippen LogP contribution in [0.3, 0.4) is 0 Å². The second kappa shape index (κ2) is 6.34. The minimum atomic E-state index is -0.865. The van der Waals surface area contributed by atoms with E-state index >= 15 is 0 Å². The van der Waals surface area contributed by atoms with E-state index in [1.807, 2.05) is 6.08 Å². The highest BCUT2D eigenvalue weighted by atomic mass is 16.6. The third kappa shape index (κ3) is 2.30. The highest BCUT2D eigenvalue weighted by Crippen LogP contribution is 2.59. The molecule has 2 aromatic carbocycles. The normalized spacial score (nSPS) is 22.8. The Hall–Kier alpha value is -2.95. The monoisotopic (exact) mass is 440 g/mol. The second-order valence-corrected chi connectivity index (χ2v) is 10.5. The standard InChI is InChI=1S/C28H28N2O3/c31-23-9-10-28(33-23)21-15-17-5-1-11-29-13-3-7-19(24(17)29)26(21)32-27-20-8-4-14-30-12-2-6-18(25(20)30)16-22(27)28/h9-10,15-16H,1-8,11-14H2. The maximum absolute atomic E-state index is 12.6. The molecule has 33 heavy (non-hydrogen) atoms. The van der Waals surface area contributed by atoms with Gasteiger partial charge < -0.3 is 19.3 Å². The molecule has 5 heteroatoms. The van der Waals surface area contributed by atoms with E-state index in [1.165, 1.54) is 46.5 Å². The lowest BCUT2D eigenvalue weighted by Gasteiger charge is -2.44. The van der Waals surface area contributed by atoms with E-state index in [4.69, 9.17) is 9.47 Å². The van der Waals surface area contributed by atoms with Crippen molar-refractivity contribution in [1.29, 1.82) is 0 Å². The summed E-state index contributed by atoms with van der Waals surface area (Å²) in [4.78, 5) is 17.7. The molecule has 0 radical (unpaired) electrons. The predicted molar refractivity (Wildman–Crippen MR) is 127 cm³/mol. The molecule has 2 aromatic rings. The number of aryl methyl sites for hydroxylation is 2. The quantitative estimate of drug-likeness (QED) is 0.563. The van der Waals surface area contributed by atoms with Crippen LogP contribution in [0.5, 0.6) is 11.5 Å². The third-order valence-corrected chi connectivity index (χ3v) is 8.67. The summed E-state index contributed by atoms with van der Waals surface area (Å²) in [5.41, 5.74) is 9.43. The molecule has 168 valence electrons. The molecule has 0 aliphatic carbocycles. The molecule has 0 aromatic heterocycles. The molecule has 0 fully saturated rings. The topological polar surface area (TPSA) is 42.0 Å². The van der Waals surface area contributed by atoms with E-state index in [9.17, 15) is 4.79 Å². The van der Waals surface area contributed by atoms with Crippen LogP contribution < -0.4 is 14.5 Å². The van der Waals surface area contributed by atoms with Gasteiger partial charge in [0.2, 0.25) is 0 Å². The number of anilines is 2. The summed E-state index contributed by atoms with van der Waals surface area (Å²) in [6.45, 7) is 4.51. The second-order valence-electron chi connectivity index (χ2n) is 10.5. The molecular formula is C28H28N2O3. The van der Waals surface area contributed by atoms with Crippen molar-refractivity contribution in [3.8, 4) is 11.5 Å². The van der Waals surface area contributed by atoms with Gasteiger partial charge in [-0.1, -0.05) is 0 Å². The first-order chi connectivity index (χ1) is 16.2. The number of carbonyl (C=O) groups is 1. The minimum absolute atomic E-state index is 0.255. The molecule has 0 saturated carbocycles. The van der Waals surface area contributed by atoms with Crippen molar-refractivity contribution in [3.05, 3.63) is 57.7 Å². The molecule has 0 bridgehead atoms. The van der Waals surface area contributed by atoms with Gasteiger partial charge in [0, 0.05) is 65.9 Å². The van der Waals surface area contributed by atoms with Gasteiger partial charge in [-0.25, -0.2) is 4.79 Å². The van der Waals surface area contributed by atoms with Crippen LogP contribution in [0.2, 0.25) is 0 Å². The van der Waals surface area contributed by atoms with Crippen LogP contribution in [0.25, 0.3) is 0 Å². The molecule has 0 N–H and O–H groups in total. The molecule has 6 aliphatic rings. The molecule has 0 unspecified atom stereocenters. The lowest BCUT2D eigenvalue weighted by Crippen LogP contribution is -2.39. The number of fused-ring (bicyclic) bond motifs is 6. The molecule has 6 heterocycles.